The number of methoxy groups -OCH3 is 2. The van der Waals surface area contributed by atoms with Crippen LogP contribution in [0.5, 0.6) is 17.2 Å². The Labute approximate surface area is 374 Å². The highest BCUT2D eigenvalue weighted by Crippen LogP contribution is 2.42. The predicted molar refractivity (Wildman–Crippen MR) is 231 cm³/mol. The van der Waals surface area contributed by atoms with E-state index < -0.39 is 48.4 Å². The zero-order chi connectivity index (χ0) is 46.4. The fourth-order valence-corrected chi connectivity index (χ4v) is 7.96. The van der Waals surface area contributed by atoms with Crippen LogP contribution in [0.25, 0.3) is 0 Å². The van der Waals surface area contributed by atoms with Crippen molar-refractivity contribution in [2.24, 2.45) is 21.1 Å². The molecular weight excluding hydrogens is 849 g/mol. The molecule has 0 aliphatic carbocycles. The summed E-state index contributed by atoms with van der Waals surface area (Å²) in [5, 5.41) is 5.40. The van der Waals surface area contributed by atoms with Gasteiger partial charge in [0, 0.05) is 71.4 Å². The van der Waals surface area contributed by atoms with Crippen LogP contribution in [-0.4, -0.2) is 118 Å². The molecule has 3 aromatic heterocycles. The lowest BCUT2D eigenvalue weighted by Crippen LogP contribution is -2.54. The summed E-state index contributed by atoms with van der Waals surface area (Å²) in [5.41, 5.74) is 1.02. The molecule has 0 bridgehead atoms. The van der Waals surface area contributed by atoms with Crippen LogP contribution in [0.3, 0.4) is 0 Å². The van der Waals surface area contributed by atoms with Gasteiger partial charge >= 0.3 is 18.0 Å². The molecule has 21 heteroatoms. The normalized spacial score (nSPS) is 17.9. The molecule has 2 N–H and O–H groups in total. The van der Waals surface area contributed by atoms with E-state index >= 15 is 0 Å². The van der Waals surface area contributed by atoms with Crippen molar-refractivity contribution in [2.45, 2.75) is 63.5 Å². The molecule has 3 atom stereocenters. The lowest BCUT2D eigenvalue weighted by molar-refractivity contribution is -0.195. The fraction of sp³-hybridized carbons (Fsp3) is 0.432. The van der Waals surface area contributed by atoms with E-state index in [1.807, 2.05) is 0 Å². The standard InChI is InChI=1S/C44H52N8O13/c1-7-16-63-44(58)52-30-22-34(33(59-5)21-28(30)40(55)51-15-10-12-29(51)41(52)65-37-14-8-9-17-62-37)61-18-11-13-36(53)46-35-25-50(4)38(47-35)39(54)45-26-19-31(48(2)23-26)43(57)64-27-20-32(42(56)60-6)49(3)24-27/h7,19-25,29,37,41H,1,8-18H2,2-6H3,(H,45,54)(H,46,53)/t29-,37?,41?/m0/s1. The third-order valence-corrected chi connectivity index (χ3v) is 11.1. The number of carbonyl (C=O) groups is 6. The van der Waals surface area contributed by atoms with Crippen molar-refractivity contribution in [3.63, 3.8) is 0 Å². The van der Waals surface area contributed by atoms with E-state index in [9.17, 15) is 28.8 Å². The number of ether oxygens (including phenoxy) is 7. The van der Waals surface area contributed by atoms with Crippen LogP contribution in [0.1, 0.15) is 86.9 Å². The minimum atomic E-state index is -0.917. The van der Waals surface area contributed by atoms with Gasteiger partial charge in [0.2, 0.25) is 11.7 Å². The fourth-order valence-electron chi connectivity index (χ4n) is 7.96. The summed E-state index contributed by atoms with van der Waals surface area (Å²) < 4.78 is 44.3. The second-order valence-electron chi connectivity index (χ2n) is 15.6. The van der Waals surface area contributed by atoms with Gasteiger partial charge in [0.1, 0.15) is 23.7 Å². The number of amides is 4. The van der Waals surface area contributed by atoms with Gasteiger partial charge in [-0.3, -0.25) is 14.4 Å². The Bertz CT molecular complexity index is 2470. The molecule has 346 valence electrons. The van der Waals surface area contributed by atoms with Gasteiger partial charge in [-0.15, -0.1) is 0 Å². The molecule has 4 aromatic rings. The molecule has 1 aromatic carbocycles. The number of hydrogen-bond acceptors (Lipinski definition) is 14. The Morgan fingerprint density at radius 1 is 0.908 bits per heavy atom. The molecule has 2 unspecified atom stereocenters. The number of anilines is 3. The van der Waals surface area contributed by atoms with Crippen molar-refractivity contribution in [3.8, 4) is 17.2 Å². The molecule has 0 radical (unpaired) electrons. The second kappa shape index (κ2) is 20.1. The Balaban J connectivity index is 0.976. The largest absolute Gasteiger partial charge is 0.493 e. The summed E-state index contributed by atoms with van der Waals surface area (Å²) in [5.74, 6) is -1.90. The number of imidazole rings is 1. The van der Waals surface area contributed by atoms with E-state index in [-0.39, 0.29) is 89.2 Å². The van der Waals surface area contributed by atoms with Gasteiger partial charge in [0.15, 0.2) is 29.8 Å². The Morgan fingerprint density at radius 3 is 2.43 bits per heavy atom. The third kappa shape index (κ3) is 10.2. The van der Waals surface area contributed by atoms with Crippen LogP contribution >= 0.6 is 0 Å². The minimum absolute atomic E-state index is 0.00761. The molecule has 3 aliphatic heterocycles. The smallest absolute Gasteiger partial charge is 0.416 e. The van der Waals surface area contributed by atoms with Gasteiger partial charge in [0.05, 0.1) is 43.8 Å². The first-order chi connectivity index (χ1) is 31.3. The van der Waals surface area contributed by atoms with E-state index in [4.69, 9.17) is 33.2 Å². The molecule has 0 spiro atoms. The monoisotopic (exact) mass is 900 g/mol. The zero-order valence-electron chi connectivity index (χ0n) is 36.8. The van der Waals surface area contributed by atoms with Crippen molar-refractivity contribution in [2.75, 3.05) is 56.1 Å². The first-order valence-corrected chi connectivity index (χ1v) is 21.1. The molecule has 4 amide bonds. The van der Waals surface area contributed by atoms with E-state index in [0.29, 0.717) is 26.0 Å². The molecular formula is C44H52N8O13. The predicted octanol–water partition coefficient (Wildman–Crippen LogP) is 4.78. The summed E-state index contributed by atoms with van der Waals surface area (Å²) in [6.07, 6.45) is 7.71. The number of hydrogen-bond donors (Lipinski definition) is 2. The molecule has 3 aliphatic rings. The Morgan fingerprint density at radius 2 is 1.69 bits per heavy atom. The maximum absolute atomic E-state index is 14.1. The zero-order valence-corrected chi connectivity index (χ0v) is 36.8. The first kappa shape index (κ1) is 45.9. The van der Waals surface area contributed by atoms with E-state index in [0.717, 1.165) is 19.3 Å². The summed E-state index contributed by atoms with van der Waals surface area (Å²) in [7, 11) is 7.48. The van der Waals surface area contributed by atoms with Crippen LogP contribution in [0.2, 0.25) is 0 Å². The molecule has 65 heavy (non-hydrogen) atoms. The van der Waals surface area contributed by atoms with Crippen LogP contribution in [0.4, 0.5) is 22.0 Å². The number of nitrogens with one attached hydrogen (secondary N) is 2. The number of fused-ring (bicyclic) bond motifs is 2. The highest BCUT2D eigenvalue weighted by molar-refractivity contribution is 6.06. The average molecular weight is 901 g/mol. The topological polar surface area (TPSA) is 225 Å². The van der Waals surface area contributed by atoms with Gasteiger partial charge < -0.3 is 62.4 Å². The van der Waals surface area contributed by atoms with E-state index in [2.05, 4.69) is 22.2 Å². The van der Waals surface area contributed by atoms with Crippen LogP contribution in [0, 0.1) is 0 Å². The molecule has 2 fully saturated rings. The van der Waals surface area contributed by atoms with Crippen LogP contribution in [-0.2, 0) is 44.9 Å². The minimum Gasteiger partial charge on any atom is -0.493 e. The Hall–Kier alpha value is -7.13. The van der Waals surface area contributed by atoms with Crippen molar-refractivity contribution in [1.82, 2.24) is 23.6 Å². The van der Waals surface area contributed by atoms with Crippen molar-refractivity contribution in [3.05, 3.63) is 78.3 Å². The quantitative estimate of drug-likeness (QED) is 0.0878. The highest BCUT2D eigenvalue weighted by Gasteiger charge is 2.48. The lowest BCUT2D eigenvalue weighted by Gasteiger charge is -2.38. The van der Waals surface area contributed by atoms with Gasteiger partial charge in [-0.25, -0.2) is 24.3 Å². The molecule has 0 saturated carbocycles. The summed E-state index contributed by atoms with van der Waals surface area (Å²) in [4.78, 5) is 86.6. The van der Waals surface area contributed by atoms with Crippen molar-refractivity contribution >= 4 is 52.9 Å². The number of aromatic nitrogens is 4. The maximum atomic E-state index is 14.1. The average Bonchev–Trinajstić information content (AvgIpc) is 4.09. The van der Waals surface area contributed by atoms with Crippen molar-refractivity contribution in [1.29, 1.82) is 0 Å². The summed E-state index contributed by atoms with van der Waals surface area (Å²) in [6.45, 7) is 4.65. The van der Waals surface area contributed by atoms with Crippen LogP contribution in [0.15, 0.2) is 55.5 Å². The van der Waals surface area contributed by atoms with Gasteiger partial charge in [-0.05, 0) is 50.7 Å². The maximum Gasteiger partial charge on any atom is 0.416 e. The second-order valence-corrected chi connectivity index (χ2v) is 15.6. The number of aryl methyl sites for hydroxylation is 3. The third-order valence-electron chi connectivity index (χ3n) is 11.1. The number of esters is 2. The van der Waals surface area contributed by atoms with Gasteiger partial charge in [-0.1, -0.05) is 12.7 Å². The number of nitrogens with zero attached hydrogens (tertiary/aromatic N) is 6. The molecule has 7 rings (SSSR count). The van der Waals surface area contributed by atoms with E-state index in [1.54, 1.807) is 32.1 Å². The first-order valence-electron chi connectivity index (χ1n) is 21.1. The summed E-state index contributed by atoms with van der Waals surface area (Å²) >= 11 is 0. The van der Waals surface area contributed by atoms with Gasteiger partial charge in [-0.2, -0.15) is 0 Å². The molecule has 2 saturated heterocycles. The summed E-state index contributed by atoms with van der Waals surface area (Å²) in [6, 6.07) is 5.43. The highest BCUT2D eigenvalue weighted by atomic mass is 16.7. The SMILES string of the molecule is C=CCOC(=O)N1c2cc(OCCCC(=O)Nc3cn(C)c(C(=O)Nc4cc(C(=O)Oc5cc(C(=O)OC)n(C)c5)n(C)c4)n3)c(OC)cc2C(=O)N2CCC[C@H]2C1OC1CCCCO1. The van der Waals surface area contributed by atoms with Gasteiger partial charge in [0.25, 0.3) is 11.8 Å². The van der Waals surface area contributed by atoms with Crippen LogP contribution < -0.4 is 29.7 Å². The Kier molecular flexibility index (Phi) is 14.2. The number of carbonyl (C=O) groups excluding carboxylic acids is 6. The molecule has 6 heterocycles. The molecule has 21 nitrogen and oxygen atoms in total. The lowest BCUT2D eigenvalue weighted by atomic mass is 10.1. The number of benzene rings is 1. The van der Waals surface area contributed by atoms with Crippen molar-refractivity contribution < 1.29 is 61.9 Å². The van der Waals surface area contributed by atoms with E-state index in [1.165, 1.54) is 75.7 Å². The number of rotatable bonds is 16.